The molecule has 0 spiro atoms. The van der Waals surface area contributed by atoms with Crippen LogP contribution in [-0.2, 0) is 30.3 Å². The Bertz CT molecular complexity index is 499. The SMILES string of the molecule is CO[C@H]1O[C@H](CCl)[C@@H](Cl)[C@H](OC(C)=O)[C@H]1OCc1ccccc1. The maximum atomic E-state index is 11.4. The second-order valence-corrected chi connectivity index (χ2v) is 6.03. The third-order valence-corrected chi connectivity index (χ3v) is 4.38. The molecule has 1 aromatic rings. The highest BCUT2D eigenvalue weighted by Crippen LogP contribution is 2.31. The third-order valence-electron chi connectivity index (χ3n) is 3.54. The number of carbonyl (C=O) groups excluding carboxylic acids is 1. The van der Waals surface area contributed by atoms with Crippen LogP contribution in [0.3, 0.4) is 0 Å². The summed E-state index contributed by atoms with van der Waals surface area (Å²) in [5.74, 6) is -0.281. The van der Waals surface area contributed by atoms with Gasteiger partial charge >= 0.3 is 5.97 Å². The molecule has 1 saturated heterocycles. The summed E-state index contributed by atoms with van der Waals surface area (Å²) in [7, 11) is 1.49. The van der Waals surface area contributed by atoms with E-state index in [1.807, 2.05) is 30.3 Å². The van der Waals surface area contributed by atoms with Crippen LogP contribution in [0.4, 0.5) is 0 Å². The molecule has 0 bridgehead atoms. The molecule has 1 fully saturated rings. The molecule has 2 rings (SSSR count). The molecular formula is C16H20Cl2O5. The van der Waals surface area contributed by atoms with Gasteiger partial charge in [-0.15, -0.1) is 23.2 Å². The van der Waals surface area contributed by atoms with Gasteiger partial charge in [0, 0.05) is 14.0 Å². The van der Waals surface area contributed by atoms with Crippen molar-refractivity contribution < 1.29 is 23.7 Å². The monoisotopic (exact) mass is 362 g/mol. The first-order valence-electron chi connectivity index (χ1n) is 7.27. The average molecular weight is 363 g/mol. The highest BCUT2D eigenvalue weighted by molar-refractivity contribution is 6.23. The van der Waals surface area contributed by atoms with Gasteiger partial charge in [-0.1, -0.05) is 30.3 Å². The maximum Gasteiger partial charge on any atom is 0.303 e. The minimum atomic E-state index is -0.721. The summed E-state index contributed by atoms with van der Waals surface area (Å²) in [5, 5.41) is -0.622. The Labute approximate surface area is 145 Å². The second-order valence-electron chi connectivity index (χ2n) is 5.21. The van der Waals surface area contributed by atoms with E-state index in [1.165, 1.54) is 14.0 Å². The van der Waals surface area contributed by atoms with Crippen LogP contribution in [0.2, 0.25) is 0 Å². The van der Waals surface area contributed by atoms with Crippen molar-refractivity contribution >= 4 is 29.2 Å². The molecule has 0 amide bonds. The molecule has 5 atom stereocenters. The summed E-state index contributed by atoms with van der Waals surface area (Å²) in [5.41, 5.74) is 0.981. The van der Waals surface area contributed by atoms with Crippen LogP contribution in [0.25, 0.3) is 0 Å². The van der Waals surface area contributed by atoms with Crippen molar-refractivity contribution in [3.05, 3.63) is 35.9 Å². The minimum absolute atomic E-state index is 0.164. The van der Waals surface area contributed by atoms with E-state index in [0.29, 0.717) is 6.61 Å². The van der Waals surface area contributed by atoms with Crippen molar-refractivity contribution in [2.24, 2.45) is 0 Å². The van der Waals surface area contributed by atoms with Crippen molar-refractivity contribution in [1.82, 2.24) is 0 Å². The van der Waals surface area contributed by atoms with Gasteiger partial charge in [-0.2, -0.15) is 0 Å². The predicted molar refractivity (Wildman–Crippen MR) is 86.6 cm³/mol. The van der Waals surface area contributed by atoms with Gasteiger partial charge in [-0.05, 0) is 5.56 Å². The van der Waals surface area contributed by atoms with Crippen molar-refractivity contribution in [3.8, 4) is 0 Å². The molecule has 128 valence electrons. The number of rotatable bonds is 6. The standard InChI is InChI=1S/C16H20Cl2O5/c1-10(19)22-14-13(18)12(8-17)23-16(20-2)15(14)21-9-11-6-4-3-5-7-11/h3-7,12-16H,8-9H2,1-2H3/t12-,13-,14+,15-,16+/m1/s1. The van der Waals surface area contributed by atoms with Crippen LogP contribution < -0.4 is 0 Å². The highest BCUT2D eigenvalue weighted by Gasteiger charge is 2.48. The van der Waals surface area contributed by atoms with Crippen molar-refractivity contribution in [3.63, 3.8) is 0 Å². The summed E-state index contributed by atoms with van der Waals surface area (Å²) in [6, 6.07) is 9.63. The molecular weight excluding hydrogens is 343 g/mol. The number of alkyl halides is 2. The van der Waals surface area contributed by atoms with E-state index in [4.69, 9.17) is 42.1 Å². The normalized spacial score (nSPS) is 30.9. The molecule has 0 aromatic heterocycles. The summed E-state index contributed by atoms with van der Waals surface area (Å²) in [6.45, 7) is 1.65. The third kappa shape index (κ3) is 4.81. The fraction of sp³-hybridized carbons (Fsp3) is 0.562. The molecule has 0 saturated carbocycles. The van der Waals surface area contributed by atoms with Crippen molar-refractivity contribution in [1.29, 1.82) is 0 Å². The zero-order valence-electron chi connectivity index (χ0n) is 13.0. The zero-order valence-corrected chi connectivity index (χ0v) is 14.5. The lowest BCUT2D eigenvalue weighted by atomic mass is 10.0. The Morgan fingerprint density at radius 2 is 1.96 bits per heavy atom. The molecule has 1 heterocycles. The number of benzene rings is 1. The van der Waals surface area contributed by atoms with Crippen LogP contribution in [0, 0.1) is 0 Å². The topological polar surface area (TPSA) is 54.0 Å². The fourth-order valence-electron chi connectivity index (χ4n) is 2.45. The Balaban J connectivity index is 2.14. The molecule has 1 aromatic carbocycles. The fourth-order valence-corrected chi connectivity index (χ4v) is 3.15. The molecule has 5 nitrogen and oxygen atoms in total. The largest absolute Gasteiger partial charge is 0.458 e. The zero-order chi connectivity index (χ0) is 16.8. The molecule has 1 aliphatic rings. The van der Waals surface area contributed by atoms with Crippen molar-refractivity contribution in [2.45, 2.75) is 43.5 Å². The molecule has 0 N–H and O–H groups in total. The first kappa shape index (κ1) is 18.5. The first-order chi connectivity index (χ1) is 11.1. The predicted octanol–water partition coefficient (Wildman–Crippen LogP) is 2.72. The van der Waals surface area contributed by atoms with Gasteiger partial charge in [0.2, 0.25) is 0 Å². The Morgan fingerprint density at radius 3 is 2.52 bits per heavy atom. The number of hydrogen-bond acceptors (Lipinski definition) is 5. The van der Waals surface area contributed by atoms with E-state index in [1.54, 1.807) is 0 Å². The number of halogens is 2. The van der Waals surface area contributed by atoms with E-state index in [0.717, 1.165) is 5.56 Å². The summed E-state index contributed by atoms with van der Waals surface area (Å²) in [4.78, 5) is 11.4. The van der Waals surface area contributed by atoms with E-state index in [9.17, 15) is 4.79 Å². The van der Waals surface area contributed by atoms with Crippen LogP contribution in [-0.4, -0.2) is 48.9 Å². The quantitative estimate of drug-likeness (QED) is 0.575. The molecule has 0 unspecified atom stereocenters. The second kappa shape index (κ2) is 8.85. The smallest absolute Gasteiger partial charge is 0.303 e. The summed E-state index contributed by atoms with van der Waals surface area (Å²) >= 11 is 12.2. The minimum Gasteiger partial charge on any atom is -0.458 e. The number of ether oxygens (including phenoxy) is 4. The molecule has 1 aliphatic heterocycles. The van der Waals surface area contributed by atoms with Crippen molar-refractivity contribution in [2.75, 3.05) is 13.0 Å². The number of hydrogen-bond donors (Lipinski definition) is 0. The van der Waals surface area contributed by atoms with Crippen LogP contribution in [0.1, 0.15) is 12.5 Å². The van der Waals surface area contributed by atoms with Crippen LogP contribution in [0.15, 0.2) is 30.3 Å². The molecule has 0 radical (unpaired) electrons. The Hall–Kier alpha value is -0.850. The van der Waals surface area contributed by atoms with Gasteiger partial charge in [0.25, 0.3) is 0 Å². The molecule has 7 heteroatoms. The average Bonchev–Trinajstić information content (AvgIpc) is 2.56. The van der Waals surface area contributed by atoms with Crippen LogP contribution >= 0.6 is 23.2 Å². The van der Waals surface area contributed by atoms with E-state index in [-0.39, 0.29) is 5.88 Å². The first-order valence-corrected chi connectivity index (χ1v) is 8.25. The van der Waals surface area contributed by atoms with E-state index in [2.05, 4.69) is 0 Å². The number of carbonyl (C=O) groups is 1. The summed E-state index contributed by atoms with van der Waals surface area (Å²) < 4.78 is 22.3. The Kier molecular flexibility index (Phi) is 7.11. The highest BCUT2D eigenvalue weighted by atomic mass is 35.5. The lowest BCUT2D eigenvalue weighted by Crippen LogP contribution is -2.58. The van der Waals surface area contributed by atoms with Gasteiger partial charge in [-0.25, -0.2) is 0 Å². The van der Waals surface area contributed by atoms with Gasteiger partial charge in [0.1, 0.15) is 11.5 Å². The lowest BCUT2D eigenvalue weighted by molar-refractivity contribution is -0.269. The van der Waals surface area contributed by atoms with Gasteiger partial charge < -0.3 is 18.9 Å². The molecule has 0 aliphatic carbocycles. The van der Waals surface area contributed by atoms with E-state index >= 15 is 0 Å². The lowest BCUT2D eigenvalue weighted by Gasteiger charge is -2.42. The number of methoxy groups -OCH3 is 1. The maximum absolute atomic E-state index is 11.4. The summed E-state index contributed by atoms with van der Waals surface area (Å²) in [6.07, 6.45) is -2.57. The Morgan fingerprint density at radius 1 is 1.26 bits per heavy atom. The van der Waals surface area contributed by atoms with Gasteiger partial charge in [0.15, 0.2) is 12.4 Å². The molecule has 23 heavy (non-hydrogen) atoms. The van der Waals surface area contributed by atoms with Gasteiger partial charge in [0.05, 0.1) is 18.6 Å². The van der Waals surface area contributed by atoms with Gasteiger partial charge in [-0.3, -0.25) is 4.79 Å². The number of esters is 1. The van der Waals surface area contributed by atoms with E-state index < -0.39 is 35.9 Å². The van der Waals surface area contributed by atoms with Crippen LogP contribution in [0.5, 0.6) is 0 Å².